The van der Waals surface area contributed by atoms with Gasteiger partial charge >= 0.3 is 15.5 Å². The van der Waals surface area contributed by atoms with Gasteiger partial charge in [0.25, 0.3) is 5.91 Å². The van der Waals surface area contributed by atoms with Gasteiger partial charge in [0.1, 0.15) is 16.0 Å². The number of rotatable bonds is 7. The van der Waals surface area contributed by atoms with Crippen molar-refractivity contribution in [2.75, 3.05) is 6.61 Å². The minimum absolute atomic E-state index is 0.0191. The Morgan fingerprint density at radius 1 is 1.40 bits per heavy atom. The van der Waals surface area contributed by atoms with Crippen molar-refractivity contribution in [3.63, 3.8) is 0 Å². The molecule has 0 aliphatic heterocycles. The standard InChI is InChI=1S/C12H13Cl2F3N2O4S2/c1-5(19-25(21,22)12(15,16)17)4-23-11-8(13)7(9(14)24-11)10(20)18-6-2-3-6/h5-6,19H,2-4H2,1H3,(H,18,20)/t5-/m0/s1. The van der Waals surface area contributed by atoms with Crippen molar-refractivity contribution in [2.24, 2.45) is 0 Å². The van der Waals surface area contributed by atoms with Crippen LogP contribution in [0.2, 0.25) is 9.36 Å². The minimum atomic E-state index is -5.48. The molecule has 6 nitrogen and oxygen atoms in total. The lowest BCUT2D eigenvalue weighted by molar-refractivity contribution is -0.0451. The van der Waals surface area contributed by atoms with Crippen LogP contribution in [0.4, 0.5) is 13.2 Å². The zero-order valence-electron chi connectivity index (χ0n) is 12.6. The van der Waals surface area contributed by atoms with Crippen LogP contribution in [0.25, 0.3) is 0 Å². The van der Waals surface area contributed by atoms with Gasteiger partial charge in [0.05, 0.1) is 11.6 Å². The second kappa shape index (κ2) is 7.47. The van der Waals surface area contributed by atoms with E-state index in [1.807, 2.05) is 0 Å². The topological polar surface area (TPSA) is 84.5 Å². The van der Waals surface area contributed by atoms with Gasteiger partial charge in [-0.05, 0) is 19.8 Å². The van der Waals surface area contributed by atoms with Gasteiger partial charge in [-0.2, -0.15) is 13.2 Å². The van der Waals surface area contributed by atoms with E-state index in [-0.39, 0.29) is 26.0 Å². The van der Waals surface area contributed by atoms with Crippen LogP contribution in [0, 0.1) is 0 Å². The van der Waals surface area contributed by atoms with Crippen LogP contribution in [0.3, 0.4) is 0 Å². The van der Waals surface area contributed by atoms with Crippen molar-refractivity contribution in [3.05, 3.63) is 14.9 Å². The van der Waals surface area contributed by atoms with E-state index < -0.39 is 34.1 Å². The third kappa shape index (κ3) is 5.13. The predicted octanol–water partition coefficient (Wildman–Crippen LogP) is 3.15. The molecule has 0 bridgehead atoms. The van der Waals surface area contributed by atoms with Crippen LogP contribution >= 0.6 is 34.5 Å². The smallest absolute Gasteiger partial charge is 0.481 e. The van der Waals surface area contributed by atoms with Crippen LogP contribution in [0.1, 0.15) is 30.1 Å². The molecule has 1 aromatic heterocycles. The monoisotopic (exact) mass is 440 g/mol. The Kier molecular flexibility index (Phi) is 6.14. The van der Waals surface area contributed by atoms with Crippen LogP contribution in [-0.2, 0) is 10.0 Å². The number of sulfonamides is 1. The molecule has 1 atom stereocenters. The number of thiophene rings is 1. The van der Waals surface area contributed by atoms with Gasteiger partial charge in [0, 0.05) is 6.04 Å². The first kappa shape index (κ1) is 20.6. The number of hydrogen-bond acceptors (Lipinski definition) is 5. The molecule has 0 saturated heterocycles. The number of amides is 1. The van der Waals surface area contributed by atoms with E-state index in [9.17, 15) is 26.4 Å². The molecule has 13 heteroatoms. The van der Waals surface area contributed by atoms with E-state index >= 15 is 0 Å². The number of halogens is 5. The van der Waals surface area contributed by atoms with Gasteiger partial charge in [0.15, 0.2) is 5.06 Å². The highest BCUT2D eigenvalue weighted by atomic mass is 35.5. The zero-order valence-corrected chi connectivity index (χ0v) is 15.8. The second-order valence-electron chi connectivity index (χ2n) is 5.38. The van der Waals surface area contributed by atoms with Gasteiger partial charge in [-0.1, -0.05) is 34.5 Å². The summed E-state index contributed by atoms with van der Waals surface area (Å²) in [6.45, 7) is 0.753. The van der Waals surface area contributed by atoms with Gasteiger partial charge in [-0.25, -0.2) is 13.1 Å². The molecule has 1 aliphatic rings. The SMILES string of the molecule is C[C@@H](COc1sc(Cl)c(C(=O)NC2CC2)c1Cl)NS(=O)(=O)C(F)(F)F. The summed E-state index contributed by atoms with van der Waals surface area (Å²) < 4.78 is 65.6. The van der Waals surface area contributed by atoms with Crippen molar-refractivity contribution < 1.29 is 31.1 Å². The maximum absolute atomic E-state index is 12.3. The van der Waals surface area contributed by atoms with Crippen LogP contribution < -0.4 is 14.8 Å². The number of hydrogen-bond donors (Lipinski definition) is 2. The van der Waals surface area contributed by atoms with E-state index in [1.165, 1.54) is 11.6 Å². The van der Waals surface area contributed by atoms with Crippen LogP contribution in [0.5, 0.6) is 5.06 Å². The molecule has 25 heavy (non-hydrogen) atoms. The molecule has 0 spiro atoms. The summed E-state index contributed by atoms with van der Waals surface area (Å²) in [5, 5.41) is 2.65. The van der Waals surface area contributed by atoms with E-state index in [2.05, 4.69) is 5.32 Å². The summed E-state index contributed by atoms with van der Waals surface area (Å²) in [6, 6.07) is -1.10. The van der Waals surface area contributed by atoms with Crippen molar-refractivity contribution in [3.8, 4) is 5.06 Å². The quantitative estimate of drug-likeness (QED) is 0.681. The maximum Gasteiger partial charge on any atom is 0.511 e. The molecule has 142 valence electrons. The molecule has 2 N–H and O–H groups in total. The molecular formula is C12H13Cl2F3N2O4S2. The normalized spacial score (nSPS) is 16.6. The number of alkyl halides is 3. The number of carbonyl (C=O) groups is 1. The van der Waals surface area contributed by atoms with Gasteiger partial charge in [0.2, 0.25) is 0 Å². The van der Waals surface area contributed by atoms with Crippen molar-refractivity contribution in [1.29, 1.82) is 0 Å². The molecule has 1 saturated carbocycles. The molecule has 1 fully saturated rings. The lowest BCUT2D eigenvalue weighted by Crippen LogP contribution is -2.43. The summed E-state index contributed by atoms with van der Waals surface area (Å²) in [4.78, 5) is 12.0. The number of carbonyl (C=O) groups excluding carboxylic acids is 1. The van der Waals surface area contributed by atoms with Gasteiger partial charge < -0.3 is 10.1 Å². The fraction of sp³-hybridized carbons (Fsp3) is 0.583. The highest BCUT2D eigenvalue weighted by Crippen LogP contribution is 2.43. The largest absolute Gasteiger partial charge is 0.511 e. The third-order valence-electron chi connectivity index (χ3n) is 3.04. The molecule has 0 aromatic carbocycles. The Morgan fingerprint density at radius 3 is 2.52 bits per heavy atom. The first-order valence-electron chi connectivity index (χ1n) is 6.92. The van der Waals surface area contributed by atoms with Gasteiger partial charge in [-0.15, -0.1) is 0 Å². The Morgan fingerprint density at radius 2 is 2.00 bits per heavy atom. The molecule has 1 aromatic rings. The summed E-state index contributed by atoms with van der Waals surface area (Å²) in [6.07, 6.45) is 1.73. The average molecular weight is 441 g/mol. The molecule has 0 radical (unpaired) electrons. The minimum Gasteiger partial charge on any atom is -0.481 e. The number of ether oxygens (including phenoxy) is 1. The third-order valence-corrected chi connectivity index (χ3v) is 6.15. The van der Waals surface area contributed by atoms with Gasteiger partial charge in [-0.3, -0.25) is 4.79 Å². The molecule has 1 heterocycles. The Balaban J connectivity index is 2.00. The van der Waals surface area contributed by atoms with E-state index in [4.69, 9.17) is 27.9 Å². The van der Waals surface area contributed by atoms with Crippen molar-refractivity contribution >= 4 is 50.5 Å². The van der Waals surface area contributed by atoms with Crippen LogP contribution in [0.15, 0.2) is 0 Å². The molecule has 0 unspecified atom stereocenters. The van der Waals surface area contributed by atoms with Crippen LogP contribution in [-0.4, -0.2) is 38.5 Å². The van der Waals surface area contributed by atoms with Crippen molar-refractivity contribution in [1.82, 2.24) is 10.0 Å². The van der Waals surface area contributed by atoms with E-state index in [0.29, 0.717) is 0 Å². The number of nitrogens with one attached hydrogen (secondary N) is 2. The summed E-state index contributed by atoms with van der Waals surface area (Å²) in [5.41, 5.74) is -5.39. The Labute approximate surface area is 155 Å². The first-order chi connectivity index (χ1) is 11.4. The molecule has 1 amide bonds. The van der Waals surface area contributed by atoms with Crippen molar-refractivity contribution in [2.45, 2.75) is 37.4 Å². The lowest BCUT2D eigenvalue weighted by atomic mass is 10.3. The first-order valence-corrected chi connectivity index (χ1v) is 9.98. The Hall–Kier alpha value is -0.750. The highest BCUT2D eigenvalue weighted by molar-refractivity contribution is 7.90. The molecular weight excluding hydrogens is 428 g/mol. The fourth-order valence-corrected chi connectivity index (χ4v) is 4.05. The summed E-state index contributed by atoms with van der Waals surface area (Å²) in [7, 11) is -5.48. The lowest BCUT2D eigenvalue weighted by Gasteiger charge is -2.16. The van der Waals surface area contributed by atoms with E-state index in [1.54, 1.807) is 0 Å². The second-order valence-corrected chi connectivity index (χ2v) is 9.05. The summed E-state index contributed by atoms with van der Waals surface area (Å²) in [5.74, 6) is -0.463. The average Bonchev–Trinajstić information content (AvgIpc) is 3.20. The summed E-state index contributed by atoms with van der Waals surface area (Å²) >= 11 is 12.8. The predicted molar refractivity (Wildman–Crippen MR) is 87.9 cm³/mol. The Bertz CT molecular complexity index is 763. The maximum atomic E-state index is 12.3. The van der Waals surface area contributed by atoms with E-state index in [0.717, 1.165) is 24.2 Å². The zero-order chi connectivity index (χ0) is 19.0. The molecule has 1 aliphatic carbocycles. The highest BCUT2D eigenvalue weighted by Gasteiger charge is 2.46. The fourth-order valence-electron chi connectivity index (χ4n) is 1.70. The molecule has 2 rings (SSSR count).